The Morgan fingerprint density at radius 2 is 1.89 bits per heavy atom. The number of benzene rings is 1. The summed E-state index contributed by atoms with van der Waals surface area (Å²) in [7, 11) is 0. The smallest absolute Gasteiger partial charge is 0.330 e. The topological polar surface area (TPSA) is 68.9 Å². The lowest BCUT2D eigenvalue weighted by atomic mass is 10.1. The van der Waals surface area contributed by atoms with E-state index in [1.165, 1.54) is 4.57 Å². The zero-order chi connectivity index (χ0) is 20.3. The SMILES string of the molecule is CCCCNC(=O)Cn1c(=O)n(CC)c2cc(-c3ccc(Cl)c(Cl)c3)cnc21. The average Bonchev–Trinajstić information content (AvgIpc) is 2.94. The molecule has 0 unspecified atom stereocenters. The first-order valence-electron chi connectivity index (χ1n) is 9.27. The third-order valence-electron chi connectivity index (χ3n) is 4.58. The van der Waals surface area contributed by atoms with E-state index < -0.39 is 0 Å². The lowest BCUT2D eigenvalue weighted by molar-refractivity contribution is -0.121. The molecule has 0 atom stereocenters. The number of hydrogen-bond acceptors (Lipinski definition) is 3. The molecule has 0 saturated carbocycles. The third kappa shape index (κ3) is 4.08. The van der Waals surface area contributed by atoms with Gasteiger partial charge in [0.15, 0.2) is 5.65 Å². The van der Waals surface area contributed by atoms with E-state index in [9.17, 15) is 9.59 Å². The van der Waals surface area contributed by atoms with Gasteiger partial charge in [-0.05, 0) is 37.1 Å². The summed E-state index contributed by atoms with van der Waals surface area (Å²) in [6, 6.07) is 7.23. The first-order chi connectivity index (χ1) is 13.5. The minimum atomic E-state index is -0.248. The molecule has 1 N–H and O–H groups in total. The van der Waals surface area contributed by atoms with Gasteiger partial charge in [0.1, 0.15) is 6.54 Å². The summed E-state index contributed by atoms with van der Waals surface area (Å²) in [4.78, 5) is 29.5. The number of pyridine rings is 1. The number of unbranched alkanes of at least 4 members (excludes halogenated alkanes) is 1. The summed E-state index contributed by atoms with van der Waals surface area (Å²) in [5.41, 5.74) is 2.59. The van der Waals surface area contributed by atoms with E-state index in [0.29, 0.717) is 34.3 Å². The molecule has 2 heterocycles. The Hall–Kier alpha value is -2.31. The van der Waals surface area contributed by atoms with Crippen LogP contribution in [-0.4, -0.2) is 26.6 Å². The molecule has 6 nitrogen and oxygen atoms in total. The Labute approximate surface area is 173 Å². The molecule has 148 valence electrons. The number of imidazole rings is 1. The second-order valence-corrected chi connectivity index (χ2v) is 7.33. The van der Waals surface area contributed by atoms with Crippen molar-refractivity contribution in [1.29, 1.82) is 0 Å². The molecule has 3 rings (SSSR count). The molecular weight excluding hydrogens is 399 g/mol. The van der Waals surface area contributed by atoms with Crippen LogP contribution in [0.25, 0.3) is 22.3 Å². The summed E-state index contributed by atoms with van der Waals surface area (Å²) < 4.78 is 3.03. The van der Waals surface area contributed by atoms with Crippen molar-refractivity contribution in [1.82, 2.24) is 19.4 Å². The van der Waals surface area contributed by atoms with E-state index in [2.05, 4.69) is 17.2 Å². The Balaban J connectivity index is 2.01. The zero-order valence-corrected chi connectivity index (χ0v) is 17.3. The number of amides is 1. The maximum absolute atomic E-state index is 12.8. The molecule has 0 fully saturated rings. The van der Waals surface area contributed by atoms with Gasteiger partial charge >= 0.3 is 5.69 Å². The predicted octanol–water partition coefficient (Wildman–Crippen LogP) is 4.11. The Bertz CT molecular complexity index is 1070. The fourth-order valence-electron chi connectivity index (χ4n) is 3.08. The van der Waals surface area contributed by atoms with Crippen LogP contribution >= 0.6 is 23.2 Å². The normalized spacial score (nSPS) is 11.1. The fourth-order valence-corrected chi connectivity index (χ4v) is 3.38. The summed E-state index contributed by atoms with van der Waals surface area (Å²) in [5, 5.41) is 3.77. The van der Waals surface area contributed by atoms with E-state index in [1.807, 2.05) is 19.1 Å². The molecule has 0 aliphatic heterocycles. The minimum absolute atomic E-state index is 0.0504. The van der Waals surface area contributed by atoms with Crippen molar-refractivity contribution in [3.63, 3.8) is 0 Å². The highest BCUT2D eigenvalue weighted by Gasteiger charge is 2.17. The molecule has 2 aromatic heterocycles. The van der Waals surface area contributed by atoms with Crippen LogP contribution < -0.4 is 11.0 Å². The van der Waals surface area contributed by atoms with Crippen molar-refractivity contribution in [2.45, 2.75) is 39.8 Å². The van der Waals surface area contributed by atoms with Gasteiger partial charge in [-0.2, -0.15) is 0 Å². The Morgan fingerprint density at radius 1 is 1.11 bits per heavy atom. The molecule has 28 heavy (non-hydrogen) atoms. The summed E-state index contributed by atoms with van der Waals surface area (Å²) >= 11 is 12.1. The molecule has 0 spiro atoms. The lowest BCUT2D eigenvalue weighted by Gasteiger charge is -2.06. The number of carbonyl (C=O) groups is 1. The summed E-state index contributed by atoms with van der Waals surface area (Å²) in [6.45, 7) is 4.97. The first kappa shape index (κ1) is 20.4. The van der Waals surface area contributed by atoms with Crippen molar-refractivity contribution in [3.8, 4) is 11.1 Å². The van der Waals surface area contributed by atoms with Gasteiger partial charge in [-0.15, -0.1) is 0 Å². The van der Waals surface area contributed by atoms with E-state index in [0.717, 1.165) is 24.0 Å². The van der Waals surface area contributed by atoms with Gasteiger partial charge in [0.05, 0.1) is 15.6 Å². The number of aryl methyl sites for hydroxylation is 1. The van der Waals surface area contributed by atoms with E-state index in [4.69, 9.17) is 23.2 Å². The maximum Gasteiger partial charge on any atom is 0.330 e. The molecule has 8 heteroatoms. The highest BCUT2D eigenvalue weighted by atomic mass is 35.5. The van der Waals surface area contributed by atoms with E-state index in [1.54, 1.807) is 22.9 Å². The number of nitrogens with one attached hydrogen (secondary N) is 1. The van der Waals surface area contributed by atoms with Crippen LogP contribution in [-0.2, 0) is 17.9 Å². The standard InChI is InChI=1S/C20H22Cl2N4O2/c1-3-5-8-23-18(27)12-26-19-17(25(4-2)20(26)28)10-14(11-24-19)13-6-7-15(21)16(22)9-13/h6-7,9-11H,3-5,8,12H2,1-2H3,(H,23,27). The number of nitrogens with zero attached hydrogens (tertiary/aromatic N) is 3. The van der Waals surface area contributed by atoms with Crippen LogP contribution in [0.5, 0.6) is 0 Å². The molecule has 1 amide bonds. The molecule has 0 radical (unpaired) electrons. The number of fused-ring (bicyclic) bond motifs is 1. The van der Waals surface area contributed by atoms with Crippen molar-refractivity contribution in [2.24, 2.45) is 0 Å². The van der Waals surface area contributed by atoms with Gasteiger partial charge in [-0.3, -0.25) is 13.9 Å². The predicted molar refractivity (Wildman–Crippen MR) is 113 cm³/mol. The highest BCUT2D eigenvalue weighted by Crippen LogP contribution is 2.29. The molecular formula is C20H22Cl2N4O2. The molecule has 3 aromatic rings. The Kier molecular flexibility index (Phi) is 6.42. The van der Waals surface area contributed by atoms with Crippen molar-refractivity contribution >= 4 is 40.3 Å². The van der Waals surface area contributed by atoms with Crippen molar-refractivity contribution in [2.75, 3.05) is 6.54 Å². The summed E-state index contributed by atoms with van der Waals surface area (Å²) in [5.74, 6) is -0.193. The van der Waals surface area contributed by atoms with Gasteiger partial charge in [0, 0.05) is 24.8 Å². The average molecular weight is 421 g/mol. The fraction of sp³-hybridized carbons (Fsp3) is 0.350. The van der Waals surface area contributed by atoms with Crippen molar-refractivity contribution < 1.29 is 4.79 Å². The molecule has 0 aliphatic rings. The van der Waals surface area contributed by atoms with E-state index in [-0.39, 0.29) is 18.1 Å². The molecule has 1 aromatic carbocycles. The second kappa shape index (κ2) is 8.80. The van der Waals surface area contributed by atoms with Crippen LogP contribution in [0, 0.1) is 0 Å². The van der Waals surface area contributed by atoms with Crippen LogP contribution in [0.1, 0.15) is 26.7 Å². The van der Waals surface area contributed by atoms with Gasteiger partial charge in [0.2, 0.25) is 5.91 Å². The largest absolute Gasteiger partial charge is 0.355 e. The van der Waals surface area contributed by atoms with Crippen molar-refractivity contribution in [3.05, 3.63) is 51.0 Å². The second-order valence-electron chi connectivity index (χ2n) is 6.51. The number of halogens is 2. The van der Waals surface area contributed by atoms with Gasteiger partial charge in [-0.25, -0.2) is 9.78 Å². The summed E-state index contributed by atoms with van der Waals surface area (Å²) in [6.07, 6.45) is 3.57. The highest BCUT2D eigenvalue weighted by molar-refractivity contribution is 6.42. The zero-order valence-electron chi connectivity index (χ0n) is 15.8. The Morgan fingerprint density at radius 3 is 2.57 bits per heavy atom. The minimum Gasteiger partial charge on any atom is -0.355 e. The number of aromatic nitrogens is 3. The van der Waals surface area contributed by atoms with Crippen LogP contribution in [0.15, 0.2) is 35.3 Å². The number of rotatable bonds is 7. The molecule has 0 aliphatic carbocycles. The van der Waals surface area contributed by atoms with Gasteiger partial charge < -0.3 is 5.32 Å². The van der Waals surface area contributed by atoms with Gasteiger partial charge in [0.25, 0.3) is 0 Å². The number of hydrogen-bond donors (Lipinski definition) is 1. The van der Waals surface area contributed by atoms with Crippen LogP contribution in [0.2, 0.25) is 10.0 Å². The molecule has 0 saturated heterocycles. The molecule has 0 bridgehead atoms. The van der Waals surface area contributed by atoms with E-state index >= 15 is 0 Å². The quantitative estimate of drug-likeness (QED) is 0.584. The first-order valence-corrected chi connectivity index (χ1v) is 10.0. The third-order valence-corrected chi connectivity index (χ3v) is 5.32. The number of carbonyl (C=O) groups excluding carboxylic acids is 1. The maximum atomic E-state index is 12.8. The van der Waals surface area contributed by atoms with Gasteiger partial charge in [-0.1, -0.05) is 42.6 Å². The van der Waals surface area contributed by atoms with Crippen LogP contribution in [0.4, 0.5) is 0 Å². The van der Waals surface area contributed by atoms with Crippen LogP contribution in [0.3, 0.4) is 0 Å². The monoisotopic (exact) mass is 420 g/mol. The lowest BCUT2D eigenvalue weighted by Crippen LogP contribution is -2.33.